The molecule has 1 N–H and O–H groups in total. The minimum atomic E-state index is -0.483. The highest BCUT2D eigenvalue weighted by atomic mass is 32.2. The number of carbonyl (C=O) groups is 1. The maximum Gasteiger partial charge on any atom is 0.412 e. The molecule has 110 valence electrons. The molecule has 0 aliphatic heterocycles. The van der Waals surface area contributed by atoms with Crippen LogP contribution in [-0.2, 0) is 0 Å². The molecule has 2 aromatic carbocycles. The molecule has 0 atom stereocenters. The van der Waals surface area contributed by atoms with Crippen LogP contribution in [0, 0.1) is 0 Å². The smallest absolute Gasteiger partial charge is 0.412 e. The number of rotatable bonds is 6. The molecule has 0 aliphatic carbocycles. The molecular formula is C16H17NO3S. The minimum absolute atomic E-state index is 0.386. The highest BCUT2D eigenvalue weighted by molar-refractivity contribution is 7.98. The number of amides is 1. The van der Waals surface area contributed by atoms with Crippen LogP contribution in [0.4, 0.5) is 4.79 Å². The fourth-order valence-electron chi connectivity index (χ4n) is 1.63. The number of nitrogens with one attached hydrogen (secondary N) is 1. The predicted octanol–water partition coefficient (Wildman–Crippen LogP) is 3.58. The molecule has 0 radical (unpaired) electrons. The number of hydrogen-bond donors (Lipinski definition) is 1. The van der Waals surface area contributed by atoms with Crippen LogP contribution >= 0.6 is 11.8 Å². The van der Waals surface area contributed by atoms with Crippen molar-refractivity contribution in [2.45, 2.75) is 4.90 Å². The Balaban J connectivity index is 1.67. The lowest BCUT2D eigenvalue weighted by atomic mass is 10.3. The fraction of sp³-hybridized carbons (Fsp3) is 0.188. The SMILES string of the molecule is CSc1ccc(OC(=O)NCCOc2ccccc2)cc1. The number of hydrogen-bond acceptors (Lipinski definition) is 4. The summed E-state index contributed by atoms with van der Waals surface area (Å²) in [7, 11) is 0. The third kappa shape index (κ3) is 5.39. The monoisotopic (exact) mass is 303 g/mol. The Bertz CT molecular complexity index is 557. The third-order valence-electron chi connectivity index (χ3n) is 2.65. The van der Waals surface area contributed by atoms with Crippen molar-refractivity contribution < 1.29 is 14.3 Å². The molecule has 2 aromatic rings. The van der Waals surface area contributed by atoms with Crippen molar-refractivity contribution in [1.29, 1.82) is 0 Å². The standard InChI is InChI=1S/C16H17NO3S/c1-21-15-9-7-14(8-10-15)20-16(18)17-11-12-19-13-5-3-2-4-6-13/h2-10H,11-12H2,1H3,(H,17,18). The highest BCUT2D eigenvalue weighted by Crippen LogP contribution is 2.18. The van der Waals surface area contributed by atoms with Crippen molar-refractivity contribution in [3.05, 3.63) is 54.6 Å². The van der Waals surface area contributed by atoms with Crippen LogP contribution in [0.3, 0.4) is 0 Å². The lowest BCUT2D eigenvalue weighted by Crippen LogP contribution is -2.30. The van der Waals surface area contributed by atoms with Gasteiger partial charge in [0.05, 0.1) is 6.54 Å². The van der Waals surface area contributed by atoms with Gasteiger partial charge in [-0.25, -0.2) is 4.79 Å². The molecule has 0 aromatic heterocycles. The summed E-state index contributed by atoms with van der Waals surface area (Å²) < 4.78 is 10.6. The van der Waals surface area contributed by atoms with Gasteiger partial charge in [-0.15, -0.1) is 11.8 Å². The molecular weight excluding hydrogens is 286 g/mol. The van der Waals surface area contributed by atoms with Gasteiger partial charge in [-0.1, -0.05) is 18.2 Å². The van der Waals surface area contributed by atoms with E-state index in [2.05, 4.69) is 5.32 Å². The molecule has 21 heavy (non-hydrogen) atoms. The first kappa shape index (κ1) is 15.3. The van der Waals surface area contributed by atoms with Gasteiger partial charge < -0.3 is 14.8 Å². The van der Waals surface area contributed by atoms with Crippen LogP contribution in [0.2, 0.25) is 0 Å². The van der Waals surface area contributed by atoms with Crippen LogP contribution < -0.4 is 14.8 Å². The summed E-state index contributed by atoms with van der Waals surface area (Å²) in [6.45, 7) is 0.779. The zero-order chi connectivity index (χ0) is 14.9. The Labute approximate surface area is 128 Å². The minimum Gasteiger partial charge on any atom is -0.492 e. The Morgan fingerprint density at radius 3 is 2.43 bits per heavy atom. The van der Waals surface area contributed by atoms with Gasteiger partial charge in [-0.2, -0.15) is 0 Å². The second kappa shape index (κ2) is 8.21. The quantitative estimate of drug-likeness (QED) is 0.654. The van der Waals surface area contributed by atoms with Crippen LogP contribution in [0.15, 0.2) is 59.5 Å². The first-order chi connectivity index (χ1) is 10.3. The number of thioether (sulfide) groups is 1. The Morgan fingerprint density at radius 1 is 1.05 bits per heavy atom. The summed E-state index contributed by atoms with van der Waals surface area (Å²) >= 11 is 1.64. The van der Waals surface area contributed by atoms with Gasteiger partial charge >= 0.3 is 6.09 Å². The average molecular weight is 303 g/mol. The Morgan fingerprint density at radius 2 is 1.76 bits per heavy atom. The van der Waals surface area contributed by atoms with E-state index in [1.807, 2.05) is 48.7 Å². The maximum absolute atomic E-state index is 11.6. The van der Waals surface area contributed by atoms with Crippen LogP contribution in [-0.4, -0.2) is 25.5 Å². The number of para-hydroxylation sites is 1. The zero-order valence-corrected chi connectivity index (χ0v) is 12.6. The van der Waals surface area contributed by atoms with Gasteiger partial charge in [0.25, 0.3) is 0 Å². The van der Waals surface area contributed by atoms with Gasteiger partial charge in [-0.05, 0) is 42.7 Å². The van der Waals surface area contributed by atoms with E-state index in [0.717, 1.165) is 10.6 Å². The first-order valence-electron chi connectivity index (χ1n) is 6.55. The number of carbonyl (C=O) groups excluding carboxylic acids is 1. The molecule has 0 saturated heterocycles. The van der Waals surface area contributed by atoms with Crippen molar-refractivity contribution in [2.24, 2.45) is 0 Å². The molecule has 0 aliphatic rings. The van der Waals surface area contributed by atoms with E-state index >= 15 is 0 Å². The van der Waals surface area contributed by atoms with Crippen LogP contribution in [0.1, 0.15) is 0 Å². The molecule has 0 spiro atoms. The number of ether oxygens (including phenoxy) is 2. The lowest BCUT2D eigenvalue weighted by molar-refractivity contribution is 0.197. The van der Waals surface area contributed by atoms with E-state index in [9.17, 15) is 4.79 Å². The topological polar surface area (TPSA) is 47.6 Å². The Kier molecular flexibility index (Phi) is 5.97. The summed E-state index contributed by atoms with van der Waals surface area (Å²) in [5.41, 5.74) is 0. The second-order valence-electron chi connectivity index (χ2n) is 4.15. The maximum atomic E-state index is 11.6. The van der Waals surface area contributed by atoms with E-state index in [0.29, 0.717) is 18.9 Å². The lowest BCUT2D eigenvalue weighted by Gasteiger charge is -2.08. The molecule has 2 rings (SSSR count). The van der Waals surface area contributed by atoms with Gasteiger partial charge in [0.2, 0.25) is 0 Å². The molecule has 1 amide bonds. The molecule has 0 heterocycles. The van der Waals surface area contributed by atoms with E-state index in [1.165, 1.54) is 0 Å². The van der Waals surface area contributed by atoms with E-state index in [1.54, 1.807) is 23.9 Å². The van der Waals surface area contributed by atoms with E-state index in [-0.39, 0.29) is 0 Å². The van der Waals surface area contributed by atoms with Gasteiger partial charge in [0, 0.05) is 4.90 Å². The second-order valence-corrected chi connectivity index (χ2v) is 5.03. The first-order valence-corrected chi connectivity index (χ1v) is 7.78. The zero-order valence-electron chi connectivity index (χ0n) is 11.7. The van der Waals surface area contributed by atoms with Crippen LogP contribution in [0.5, 0.6) is 11.5 Å². The van der Waals surface area contributed by atoms with Crippen molar-refractivity contribution in [3.8, 4) is 11.5 Å². The molecule has 0 bridgehead atoms. The van der Waals surface area contributed by atoms with Gasteiger partial charge in [-0.3, -0.25) is 0 Å². The predicted molar refractivity (Wildman–Crippen MR) is 84.2 cm³/mol. The molecule has 5 heteroatoms. The molecule has 0 unspecified atom stereocenters. The molecule has 4 nitrogen and oxygen atoms in total. The average Bonchev–Trinajstić information content (AvgIpc) is 2.53. The van der Waals surface area contributed by atoms with E-state index in [4.69, 9.17) is 9.47 Å². The summed E-state index contributed by atoms with van der Waals surface area (Å²) in [5.74, 6) is 1.30. The van der Waals surface area contributed by atoms with Gasteiger partial charge in [0.15, 0.2) is 0 Å². The summed E-state index contributed by atoms with van der Waals surface area (Å²) in [6, 6.07) is 16.8. The molecule has 0 fully saturated rings. The van der Waals surface area contributed by atoms with Crippen molar-refractivity contribution in [3.63, 3.8) is 0 Å². The van der Waals surface area contributed by atoms with Crippen molar-refractivity contribution in [2.75, 3.05) is 19.4 Å². The molecule has 0 saturated carbocycles. The van der Waals surface area contributed by atoms with Crippen molar-refractivity contribution >= 4 is 17.9 Å². The van der Waals surface area contributed by atoms with Gasteiger partial charge in [0.1, 0.15) is 18.1 Å². The third-order valence-corrected chi connectivity index (χ3v) is 3.40. The van der Waals surface area contributed by atoms with E-state index < -0.39 is 6.09 Å². The summed E-state index contributed by atoms with van der Waals surface area (Å²) in [6.07, 6.45) is 1.51. The summed E-state index contributed by atoms with van der Waals surface area (Å²) in [4.78, 5) is 12.7. The fourth-order valence-corrected chi connectivity index (χ4v) is 2.03. The van der Waals surface area contributed by atoms with Crippen molar-refractivity contribution in [1.82, 2.24) is 5.32 Å². The highest BCUT2D eigenvalue weighted by Gasteiger charge is 2.03. The van der Waals surface area contributed by atoms with Crippen LogP contribution in [0.25, 0.3) is 0 Å². The normalized spacial score (nSPS) is 9.95. The summed E-state index contributed by atoms with van der Waals surface area (Å²) in [5, 5.41) is 2.64. The Hall–Kier alpha value is -2.14. The largest absolute Gasteiger partial charge is 0.492 e. The number of benzene rings is 2.